The van der Waals surface area contributed by atoms with E-state index in [0.29, 0.717) is 0 Å². The summed E-state index contributed by atoms with van der Waals surface area (Å²) in [7, 11) is 7.92. The second-order valence-electron chi connectivity index (χ2n) is 5.33. The molecule has 0 unspecified atom stereocenters. The summed E-state index contributed by atoms with van der Waals surface area (Å²) in [6, 6.07) is 5.63. The Morgan fingerprint density at radius 3 is 2.50 bits per heavy atom. The topological polar surface area (TPSA) is 65.6 Å². The standard InChI is InChI=1S/C15H26N4O/c1-18(2)8-5-9-19(3)11-13-10-12(15(16)17)6-7-14(13)20-4/h6-7,10H,5,8-9,11H2,1-4H3,(H3,16,17). The van der Waals surface area contributed by atoms with Gasteiger partial charge < -0.3 is 20.3 Å². The van der Waals surface area contributed by atoms with Crippen LogP contribution in [0.3, 0.4) is 0 Å². The summed E-state index contributed by atoms with van der Waals surface area (Å²) in [4.78, 5) is 4.44. The van der Waals surface area contributed by atoms with Gasteiger partial charge in [-0.1, -0.05) is 0 Å². The summed E-state index contributed by atoms with van der Waals surface area (Å²) < 4.78 is 5.38. The monoisotopic (exact) mass is 278 g/mol. The number of nitrogen functional groups attached to an aromatic ring is 1. The van der Waals surface area contributed by atoms with Gasteiger partial charge in [-0.2, -0.15) is 0 Å². The largest absolute Gasteiger partial charge is 0.496 e. The van der Waals surface area contributed by atoms with Gasteiger partial charge in [0.1, 0.15) is 11.6 Å². The predicted octanol–water partition coefficient (Wildman–Crippen LogP) is 1.36. The van der Waals surface area contributed by atoms with Gasteiger partial charge in [0.2, 0.25) is 0 Å². The Kier molecular flexibility index (Phi) is 6.48. The number of amidine groups is 1. The van der Waals surface area contributed by atoms with Crippen molar-refractivity contribution in [2.24, 2.45) is 5.73 Å². The average Bonchev–Trinajstić information content (AvgIpc) is 2.38. The minimum absolute atomic E-state index is 0.0872. The van der Waals surface area contributed by atoms with Crippen LogP contribution in [0.15, 0.2) is 18.2 Å². The van der Waals surface area contributed by atoms with Crippen LogP contribution in [-0.4, -0.2) is 57.0 Å². The lowest BCUT2D eigenvalue weighted by molar-refractivity contribution is 0.289. The van der Waals surface area contributed by atoms with Crippen LogP contribution in [-0.2, 0) is 6.54 Å². The number of ether oxygens (including phenoxy) is 1. The van der Waals surface area contributed by atoms with Gasteiger partial charge >= 0.3 is 0 Å². The van der Waals surface area contributed by atoms with E-state index in [1.54, 1.807) is 7.11 Å². The van der Waals surface area contributed by atoms with Crippen LogP contribution in [0.4, 0.5) is 0 Å². The van der Waals surface area contributed by atoms with Gasteiger partial charge in [-0.15, -0.1) is 0 Å². The summed E-state index contributed by atoms with van der Waals surface area (Å²) in [5.41, 5.74) is 7.34. The summed E-state index contributed by atoms with van der Waals surface area (Å²) in [5.74, 6) is 0.929. The molecule has 0 atom stereocenters. The molecule has 0 saturated carbocycles. The van der Waals surface area contributed by atoms with Crippen LogP contribution in [0.2, 0.25) is 0 Å². The molecule has 0 aliphatic rings. The van der Waals surface area contributed by atoms with Crippen LogP contribution in [0.1, 0.15) is 17.5 Å². The highest BCUT2D eigenvalue weighted by Gasteiger charge is 2.09. The van der Waals surface area contributed by atoms with Gasteiger partial charge in [-0.3, -0.25) is 5.41 Å². The second-order valence-corrected chi connectivity index (χ2v) is 5.33. The van der Waals surface area contributed by atoms with Crippen molar-refractivity contribution in [1.29, 1.82) is 5.41 Å². The smallest absolute Gasteiger partial charge is 0.123 e. The fraction of sp³-hybridized carbons (Fsp3) is 0.533. The fourth-order valence-corrected chi connectivity index (χ4v) is 2.10. The highest BCUT2D eigenvalue weighted by Crippen LogP contribution is 2.21. The number of methoxy groups -OCH3 is 1. The van der Waals surface area contributed by atoms with Crippen LogP contribution in [0.25, 0.3) is 0 Å². The molecule has 5 heteroatoms. The minimum Gasteiger partial charge on any atom is -0.496 e. The molecule has 0 radical (unpaired) electrons. The van der Waals surface area contributed by atoms with Gasteiger partial charge in [0.15, 0.2) is 0 Å². The van der Waals surface area contributed by atoms with E-state index in [1.807, 2.05) is 18.2 Å². The molecule has 0 aliphatic carbocycles. The summed E-state index contributed by atoms with van der Waals surface area (Å²) in [5, 5.41) is 7.52. The number of nitrogens with zero attached hydrogens (tertiary/aromatic N) is 2. The molecule has 3 N–H and O–H groups in total. The lowest BCUT2D eigenvalue weighted by Crippen LogP contribution is -2.24. The molecular formula is C15H26N4O. The van der Waals surface area contributed by atoms with Gasteiger partial charge in [0, 0.05) is 17.7 Å². The average molecular weight is 278 g/mol. The van der Waals surface area contributed by atoms with Crippen molar-refractivity contribution in [3.63, 3.8) is 0 Å². The highest BCUT2D eigenvalue weighted by molar-refractivity contribution is 5.95. The van der Waals surface area contributed by atoms with E-state index in [-0.39, 0.29) is 5.84 Å². The number of hydrogen-bond acceptors (Lipinski definition) is 4. The number of rotatable bonds is 8. The summed E-state index contributed by atoms with van der Waals surface area (Å²) in [6.07, 6.45) is 1.12. The van der Waals surface area contributed by atoms with Gasteiger partial charge in [-0.25, -0.2) is 0 Å². The van der Waals surface area contributed by atoms with Gasteiger partial charge in [0.25, 0.3) is 0 Å². The van der Waals surface area contributed by atoms with Gasteiger partial charge in [0.05, 0.1) is 7.11 Å². The predicted molar refractivity (Wildman–Crippen MR) is 83.5 cm³/mol. The van der Waals surface area contributed by atoms with E-state index in [4.69, 9.17) is 15.9 Å². The van der Waals surface area contributed by atoms with Crippen molar-refractivity contribution in [3.05, 3.63) is 29.3 Å². The molecule has 0 aromatic heterocycles. The Hall–Kier alpha value is -1.59. The van der Waals surface area contributed by atoms with E-state index in [2.05, 4.69) is 30.9 Å². The van der Waals surface area contributed by atoms with Crippen molar-refractivity contribution in [2.45, 2.75) is 13.0 Å². The zero-order valence-corrected chi connectivity index (χ0v) is 12.9. The fourth-order valence-electron chi connectivity index (χ4n) is 2.10. The molecule has 0 spiro atoms. The van der Waals surface area contributed by atoms with Crippen molar-refractivity contribution in [3.8, 4) is 5.75 Å². The van der Waals surface area contributed by atoms with Crippen molar-refractivity contribution >= 4 is 5.84 Å². The highest BCUT2D eigenvalue weighted by atomic mass is 16.5. The SMILES string of the molecule is COc1ccc(C(=N)N)cc1CN(C)CCCN(C)C. The van der Waals surface area contributed by atoms with Crippen molar-refractivity contribution < 1.29 is 4.74 Å². The third kappa shape index (κ3) is 5.19. The number of nitrogens with one attached hydrogen (secondary N) is 1. The van der Waals surface area contributed by atoms with E-state index in [0.717, 1.165) is 42.9 Å². The first-order chi connectivity index (χ1) is 9.43. The first-order valence-corrected chi connectivity index (χ1v) is 6.78. The molecule has 112 valence electrons. The Morgan fingerprint density at radius 1 is 1.25 bits per heavy atom. The molecule has 1 aromatic carbocycles. The lowest BCUT2D eigenvalue weighted by atomic mass is 10.1. The Labute approximate surface area is 121 Å². The van der Waals surface area contributed by atoms with Crippen LogP contribution >= 0.6 is 0 Å². The molecule has 1 aromatic rings. The van der Waals surface area contributed by atoms with Crippen LogP contribution < -0.4 is 10.5 Å². The lowest BCUT2D eigenvalue weighted by Gasteiger charge is -2.20. The molecule has 0 aliphatic heterocycles. The van der Waals surface area contributed by atoms with E-state index in [1.165, 1.54) is 0 Å². The van der Waals surface area contributed by atoms with Crippen molar-refractivity contribution in [1.82, 2.24) is 9.80 Å². The summed E-state index contributed by atoms with van der Waals surface area (Å²) in [6.45, 7) is 2.89. The first-order valence-electron chi connectivity index (χ1n) is 6.78. The molecule has 0 heterocycles. The molecule has 0 amide bonds. The normalized spacial score (nSPS) is 11.1. The number of benzene rings is 1. The van der Waals surface area contributed by atoms with Crippen LogP contribution in [0, 0.1) is 5.41 Å². The third-order valence-electron chi connectivity index (χ3n) is 3.18. The Bertz CT molecular complexity index is 445. The second kappa shape index (κ2) is 7.87. The number of nitrogens with two attached hydrogens (primary N) is 1. The molecule has 0 bridgehead atoms. The van der Waals surface area contributed by atoms with E-state index >= 15 is 0 Å². The molecule has 5 nitrogen and oxygen atoms in total. The molecule has 1 rings (SSSR count). The zero-order valence-electron chi connectivity index (χ0n) is 12.9. The summed E-state index contributed by atoms with van der Waals surface area (Å²) >= 11 is 0. The van der Waals surface area contributed by atoms with Crippen LogP contribution in [0.5, 0.6) is 5.75 Å². The molecule has 0 saturated heterocycles. The van der Waals surface area contributed by atoms with Crippen molar-refractivity contribution in [2.75, 3.05) is 41.3 Å². The minimum atomic E-state index is 0.0872. The molecular weight excluding hydrogens is 252 g/mol. The van der Waals surface area contributed by atoms with Gasteiger partial charge in [-0.05, 0) is 58.9 Å². The molecule has 20 heavy (non-hydrogen) atoms. The number of hydrogen-bond donors (Lipinski definition) is 2. The third-order valence-corrected chi connectivity index (χ3v) is 3.18. The maximum Gasteiger partial charge on any atom is 0.123 e. The Balaban J connectivity index is 2.69. The maximum atomic E-state index is 7.52. The molecule has 0 fully saturated rings. The maximum absolute atomic E-state index is 7.52. The first kappa shape index (κ1) is 16.5. The van der Waals surface area contributed by atoms with E-state index < -0.39 is 0 Å². The Morgan fingerprint density at radius 2 is 1.95 bits per heavy atom. The van der Waals surface area contributed by atoms with E-state index in [9.17, 15) is 0 Å². The quantitative estimate of drug-likeness (QED) is 0.557. The zero-order chi connectivity index (χ0) is 15.1.